The number of hydrogen-bond acceptors (Lipinski definition) is 3. The van der Waals surface area contributed by atoms with Gasteiger partial charge in [-0.25, -0.2) is 0 Å². The largest absolute Gasteiger partial charge is 0.396 e. The van der Waals surface area contributed by atoms with Crippen molar-refractivity contribution in [1.82, 2.24) is 5.32 Å². The van der Waals surface area contributed by atoms with E-state index in [0.717, 1.165) is 0 Å². The third-order valence-electron chi connectivity index (χ3n) is 1.49. The SMILES string of the molecule is CC(C)C(CCO)NC#N. The van der Waals surface area contributed by atoms with E-state index in [1.54, 1.807) is 0 Å². The summed E-state index contributed by atoms with van der Waals surface area (Å²) in [6.07, 6.45) is 2.52. The van der Waals surface area contributed by atoms with Gasteiger partial charge < -0.3 is 10.4 Å². The molecule has 1 atom stereocenters. The normalized spacial score (nSPS) is 12.7. The van der Waals surface area contributed by atoms with Crippen LogP contribution in [0.15, 0.2) is 0 Å². The summed E-state index contributed by atoms with van der Waals surface area (Å²) in [5.41, 5.74) is 0. The standard InChI is InChI=1S/C7H14N2O/c1-6(2)7(3-4-10)9-5-8/h6-7,9-10H,3-4H2,1-2H3. The Morgan fingerprint density at radius 1 is 1.60 bits per heavy atom. The average molecular weight is 142 g/mol. The van der Waals surface area contributed by atoms with E-state index in [2.05, 4.69) is 5.32 Å². The summed E-state index contributed by atoms with van der Waals surface area (Å²) >= 11 is 0. The molecule has 0 amide bonds. The molecule has 0 rings (SSSR count). The Bertz CT molecular complexity index is 117. The highest BCUT2D eigenvalue weighted by Gasteiger charge is 2.10. The summed E-state index contributed by atoms with van der Waals surface area (Å²) in [5, 5.41) is 19.5. The molecule has 0 aliphatic heterocycles. The van der Waals surface area contributed by atoms with Crippen LogP contribution in [0.1, 0.15) is 20.3 Å². The fourth-order valence-corrected chi connectivity index (χ4v) is 0.794. The van der Waals surface area contributed by atoms with E-state index < -0.39 is 0 Å². The van der Waals surface area contributed by atoms with Crippen LogP contribution in [0.3, 0.4) is 0 Å². The van der Waals surface area contributed by atoms with Gasteiger partial charge in [0, 0.05) is 12.6 Å². The number of hydrogen-bond donors (Lipinski definition) is 2. The number of nitrogens with zero attached hydrogens (tertiary/aromatic N) is 1. The minimum absolute atomic E-state index is 0.120. The Hall–Kier alpha value is -0.750. The van der Waals surface area contributed by atoms with Gasteiger partial charge in [-0.15, -0.1) is 0 Å². The molecule has 0 radical (unpaired) electrons. The van der Waals surface area contributed by atoms with Crippen molar-refractivity contribution in [2.45, 2.75) is 26.3 Å². The minimum Gasteiger partial charge on any atom is -0.396 e. The van der Waals surface area contributed by atoms with Crippen LogP contribution in [0.4, 0.5) is 0 Å². The number of nitrogens with one attached hydrogen (secondary N) is 1. The second kappa shape index (κ2) is 5.07. The first kappa shape index (κ1) is 9.25. The van der Waals surface area contributed by atoms with E-state index in [1.165, 1.54) is 0 Å². The van der Waals surface area contributed by atoms with Crippen LogP contribution >= 0.6 is 0 Å². The Morgan fingerprint density at radius 3 is 2.50 bits per heavy atom. The topological polar surface area (TPSA) is 56.0 Å². The Morgan fingerprint density at radius 2 is 2.20 bits per heavy atom. The lowest BCUT2D eigenvalue weighted by molar-refractivity contribution is 0.253. The van der Waals surface area contributed by atoms with Crippen molar-refractivity contribution < 1.29 is 5.11 Å². The van der Waals surface area contributed by atoms with Crippen molar-refractivity contribution >= 4 is 0 Å². The number of aliphatic hydroxyl groups excluding tert-OH is 1. The molecule has 1 unspecified atom stereocenters. The molecular formula is C7H14N2O. The first-order valence-electron chi connectivity index (χ1n) is 3.47. The fraction of sp³-hybridized carbons (Fsp3) is 0.857. The summed E-state index contributed by atoms with van der Waals surface area (Å²) < 4.78 is 0. The van der Waals surface area contributed by atoms with Gasteiger partial charge in [0.15, 0.2) is 6.19 Å². The molecule has 0 aliphatic carbocycles. The highest BCUT2D eigenvalue weighted by atomic mass is 16.3. The summed E-state index contributed by atoms with van der Waals surface area (Å²) in [6.45, 7) is 4.17. The number of rotatable bonds is 4. The van der Waals surface area contributed by atoms with Crippen LogP contribution in [-0.4, -0.2) is 17.8 Å². The molecule has 0 aromatic carbocycles. The van der Waals surface area contributed by atoms with Crippen molar-refractivity contribution in [2.24, 2.45) is 5.92 Å². The predicted molar refractivity (Wildman–Crippen MR) is 39.1 cm³/mol. The highest BCUT2D eigenvalue weighted by Crippen LogP contribution is 2.03. The summed E-state index contributed by atoms with van der Waals surface area (Å²) in [7, 11) is 0. The van der Waals surface area contributed by atoms with E-state index in [9.17, 15) is 0 Å². The fourth-order valence-electron chi connectivity index (χ4n) is 0.794. The number of nitriles is 1. The van der Waals surface area contributed by atoms with Crippen LogP contribution in [0.2, 0.25) is 0 Å². The third-order valence-corrected chi connectivity index (χ3v) is 1.49. The molecule has 0 aromatic heterocycles. The zero-order valence-corrected chi connectivity index (χ0v) is 6.46. The molecule has 10 heavy (non-hydrogen) atoms. The summed E-state index contributed by atoms with van der Waals surface area (Å²) in [4.78, 5) is 0. The molecule has 0 aromatic rings. The Kier molecular flexibility index (Phi) is 4.69. The van der Waals surface area contributed by atoms with Crippen LogP contribution in [0.5, 0.6) is 0 Å². The van der Waals surface area contributed by atoms with Gasteiger partial charge in [-0.3, -0.25) is 0 Å². The minimum atomic E-state index is 0.120. The zero-order valence-electron chi connectivity index (χ0n) is 6.46. The van der Waals surface area contributed by atoms with Gasteiger partial charge in [-0.1, -0.05) is 13.8 Å². The molecule has 3 nitrogen and oxygen atoms in total. The van der Waals surface area contributed by atoms with Gasteiger partial charge in [0.1, 0.15) is 0 Å². The highest BCUT2D eigenvalue weighted by molar-refractivity contribution is 4.78. The molecular weight excluding hydrogens is 128 g/mol. The molecule has 0 fully saturated rings. The van der Waals surface area contributed by atoms with Crippen molar-refractivity contribution in [1.29, 1.82) is 5.26 Å². The van der Waals surface area contributed by atoms with Gasteiger partial charge in [-0.05, 0) is 12.3 Å². The molecule has 0 saturated heterocycles. The molecule has 0 heterocycles. The van der Waals surface area contributed by atoms with E-state index in [4.69, 9.17) is 10.4 Å². The maximum Gasteiger partial charge on any atom is 0.176 e. The van der Waals surface area contributed by atoms with E-state index in [-0.39, 0.29) is 12.6 Å². The second-order valence-corrected chi connectivity index (χ2v) is 2.62. The van der Waals surface area contributed by atoms with E-state index in [1.807, 2.05) is 20.0 Å². The lowest BCUT2D eigenvalue weighted by atomic mass is 10.0. The predicted octanol–water partition coefficient (Wildman–Crippen LogP) is 0.464. The maximum atomic E-state index is 8.56. The monoisotopic (exact) mass is 142 g/mol. The molecule has 2 N–H and O–H groups in total. The van der Waals surface area contributed by atoms with Crippen molar-refractivity contribution in [3.8, 4) is 6.19 Å². The van der Waals surface area contributed by atoms with Crippen molar-refractivity contribution in [3.63, 3.8) is 0 Å². The molecule has 3 heteroatoms. The first-order chi connectivity index (χ1) is 4.72. The molecule has 58 valence electrons. The lowest BCUT2D eigenvalue weighted by Gasteiger charge is -2.17. The maximum absolute atomic E-state index is 8.56. The van der Waals surface area contributed by atoms with E-state index in [0.29, 0.717) is 12.3 Å². The lowest BCUT2D eigenvalue weighted by Crippen LogP contribution is -2.30. The van der Waals surface area contributed by atoms with Crippen LogP contribution < -0.4 is 5.32 Å². The quantitative estimate of drug-likeness (QED) is 0.443. The van der Waals surface area contributed by atoms with Gasteiger partial charge in [0.2, 0.25) is 0 Å². The van der Waals surface area contributed by atoms with Gasteiger partial charge >= 0.3 is 0 Å². The first-order valence-corrected chi connectivity index (χ1v) is 3.47. The van der Waals surface area contributed by atoms with Crippen LogP contribution in [0.25, 0.3) is 0 Å². The van der Waals surface area contributed by atoms with Gasteiger partial charge in [-0.2, -0.15) is 5.26 Å². The summed E-state index contributed by atoms with van der Waals surface area (Å²) in [5.74, 6) is 0.395. The third kappa shape index (κ3) is 3.31. The van der Waals surface area contributed by atoms with Crippen molar-refractivity contribution in [3.05, 3.63) is 0 Å². The van der Waals surface area contributed by atoms with E-state index >= 15 is 0 Å². The van der Waals surface area contributed by atoms with Gasteiger partial charge in [0.25, 0.3) is 0 Å². The van der Waals surface area contributed by atoms with Crippen LogP contribution in [0, 0.1) is 17.4 Å². The number of aliphatic hydroxyl groups is 1. The average Bonchev–Trinajstić information content (AvgIpc) is 1.87. The van der Waals surface area contributed by atoms with Crippen LogP contribution in [-0.2, 0) is 0 Å². The Labute approximate surface area is 61.7 Å². The second-order valence-electron chi connectivity index (χ2n) is 2.62. The zero-order chi connectivity index (χ0) is 7.98. The van der Waals surface area contributed by atoms with Gasteiger partial charge in [0.05, 0.1) is 0 Å². The molecule has 0 aliphatic rings. The summed E-state index contributed by atoms with van der Waals surface area (Å²) in [6, 6.07) is 0.120. The molecule has 0 spiro atoms. The molecule has 0 bridgehead atoms. The Balaban J connectivity index is 3.63. The smallest absolute Gasteiger partial charge is 0.176 e. The van der Waals surface area contributed by atoms with Crippen molar-refractivity contribution in [2.75, 3.05) is 6.61 Å². The molecule has 0 saturated carbocycles.